The Morgan fingerprint density at radius 3 is 3.21 bits per heavy atom. The van der Waals surface area contributed by atoms with E-state index in [1.165, 1.54) is 0 Å². The van der Waals surface area contributed by atoms with Crippen molar-refractivity contribution in [2.24, 2.45) is 5.92 Å². The van der Waals surface area contributed by atoms with Crippen molar-refractivity contribution in [3.63, 3.8) is 0 Å². The SMILES string of the molecule is C=C(CC=CC)C1C#CN/C=C\C=C/1. The van der Waals surface area contributed by atoms with Crippen molar-refractivity contribution in [2.45, 2.75) is 13.3 Å². The predicted molar refractivity (Wildman–Crippen MR) is 61.3 cm³/mol. The van der Waals surface area contributed by atoms with E-state index in [4.69, 9.17) is 0 Å². The molecule has 72 valence electrons. The van der Waals surface area contributed by atoms with Crippen LogP contribution >= 0.6 is 0 Å². The highest BCUT2D eigenvalue weighted by Gasteiger charge is 2.03. The molecule has 0 fully saturated rings. The molecule has 0 amide bonds. The van der Waals surface area contributed by atoms with Gasteiger partial charge in [0.2, 0.25) is 0 Å². The maximum atomic E-state index is 4.03. The summed E-state index contributed by atoms with van der Waals surface area (Å²) < 4.78 is 0. The zero-order valence-corrected chi connectivity index (χ0v) is 8.46. The molecule has 1 unspecified atom stereocenters. The van der Waals surface area contributed by atoms with Crippen molar-refractivity contribution < 1.29 is 0 Å². The smallest absolute Gasteiger partial charge is 0.0614 e. The Morgan fingerprint density at radius 1 is 1.57 bits per heavy atom. The van der Waals surface area contributed by atoms with Gasteiger partial charge in [0.1, 0.15) is 0 Å². The molecule has 1 aliphatic heterocycles. The van der Waals surface area contributed by atoms with E-state index in [1.54, 1.807) is 0 Å². The lowest BCUT2D eigenvalue weighted by atomic mass is 9.97. The van der Waals surface area contributed by atoms with Gasteiger partial charge in [0, 0.05) is 12.2 Å². The average molecular weight is 185 g/mol. The van der Waals surface area contributed by atoms with Crippen LogP contribution in [0.25, 0.3) is 0 Å². The van der Waals surface area contributed by atoms with Crippen LogP contribution in [0.5, 0.6) is 0 Å². The van der Waals surface area contributed by atoms with Gasteiger partial charge in [-0.3, -0.25) is 0 Å². The molecule has 1 nitrogen and oxygen atoms in total. The van der Waals surface area contributed by atoms with Crippen LogP contribution in [-0.2, 0) is 0 Å². The number of hydrogen-bond acceptors (Lipinski definition) is 1. The highest BCUT2D eigenvalue weighted by Crippen LogP contribution is 2.14. The molecule has 1 heterocycles. The van der Waals surface area contributed by atoms with E-state index < -0.39 is 0 Å². The third kappa shape index (κ3) is 3.37. The van der Waals surface area contributed by atoms with Crippen LogP contribution in [0.2, 0.25) is 0 Å². The maximum Gasteiger partial charge on any atom is 0.0614 e. The molecular formula is C13H15N. The van der Waals surface area contributed by atoms with Crippen LogP contribution in [0.4, 0.5) is 0 Å². The zero-order valence-electron chi connectivity index (χ0n) is 8.46. The molecule has 0 saturated heterocycles. The van der Waals surface area contributed by atoms with Crippen molar-refractivity contribution in [3.8, 4) is 12.0 Å². The molecule has 0 aliphatic carbocycles. The first kappa shape index (κ1) is 10.4. The van der Waals surface area contributed by atoms with Gasteiger partial charge in [-0.15, -0.1) is 0 Å². The fraction of sp³-hybridized carbons (Fsp3) is 0.231. The summed E-state index contributed by atoms with van der Waals surface area (Å²) >= 11 is 0. The number of rotatable bonds is 3. The molecule has 0 saturated carbocycles. The first-order valence-electron chi connectivity index (χ1n) is 4.73. The lowest BCUT2D eigenvalue weighted by Crippen LogP contribution is -2.01. The minimum Gasteiger partial charge on any atom is -0.322 e. The van der Waals surface area contributed by atoms with Gasteiger partial charge in [-0.1, -0.05) is 42.4 Å². The monoisotopic (exact) mass is 185 g/mol. The molecule has 0 aromatic carbocycles. The first-order valence-corrected chi connectivity index (χ1v) is 4.73. The molecule has 0 radical (unpaired) electrons. The first-order chi connectivity index (χ1) is 6.84. The summed E-state index contributed by atoms with van der Waals surface area (Å²) in [5.41, 5.74) is 1.13. The zero-order chi connectivity index (χ0) is 10.2. The molecular weight excluding hydrogens is 170 g/mol. The van der Waals surface area contributed by atoms with Crippen LogP contribution in [0.3, 0.4) is 0 Å². The lowest BCUT2D eigenvalue weighted by Gasteiger charge is -2.07. The van der Waals surface area contributed by atoms with E-state index in [1.807, 2.05) is 31.4 Å². The topological polar surface area (TPSA) is 12.0 Å². The summed E-state index contributed by atoms with van der Waals surface area (Å²) in [6, 6.07) is 2.87. The quantitative estimate of drug-likeness (QED) is 0.526. The van der Waals surface area contributed by atoms with Crippen LogP contribution in [0.15, 0.2) is 48.7 Å². The molecule has 1 atom stereocenters. The summed E-state index contributed by atoms with van der Waals surface area (Å²) in [5, 5.41) is 2.88. The van der Waals surface area contributed by atoms with Crippen molar-refractivity contribution in [2.75, 3.05) is 0 Å². The van der Waals surface area contributed by atoms with E-state index in [9.17, 15) is 0 Å². The summed E-state index contributed by atoms with van der Waals surface area (Å²) in [6.45, 7) is 6.04. The van der Waals surface area contributed by atoms with Crippen molar-refractivity contribution in [1.82, 2.24) is 5.32 Å². The van der Waals surface area contributed by atoms with Crippen molar-refractivity contribution in [3.05, 3.63) is 48.7 Å². The van der Waals surface area contributed by atoms with E-state index in [0.29, 0.717) is 0 Å². The highest BCUT2D eigenvalue weighted by molar-refractivity contribution is 5.28. The van der Waals surface area contributed by atoms with Gasteiger partial charge in [-0.05, 0) is 19.4 Å². The van der Waals surface area contributed by atoms with Crippen molar-refractivity contribution >= 4 is 0 Å². The normalized spacial score (nSPS) is 23.9. The standard InChI is InChI=1S/C13H15N/c1-3-4-7-12(2)13-8-5-6-10-14-11-9-13/h3-6,8,10,13-14H,2,7H2,1H3/b4-3?,8-5-,10-6-. The minimum absolute atomic E-state index is 0.156. The lowest BCUT2D eigenvalue weighted by molar-refractivity contribution is 0.953. The molecule has 0 aromatic rings. The summed E-state index contributed by atoms with van der Waals surface area (Å²) in [7, 11) is 0. The Balaban J connectivity index is 2.64. The Labute approximate surface area is 85.9 Å². The Morgan fingerprint density at radius 2 is 2.43 bits per heavy atom. The summed E-state index contributed by atoms with van der Waals surface area (Å²) in [5.74, 6) is 3.25. The van der Waals surface area contributed by atoms with Crippen molar-refractivity contribution in [1.29, 1.82) is 0 Å². The largest absolute Gasteiger partial charge is 0.322 e. The fourth-order valence-corrected chi connectivity index (χ4v) is 1.12. The predicted octanol–water partition coefficient (Wildman–Crippen LogP) is 2.76. The van der Waals surface area contributed by atoms with Crippen LogP contribution in [0.1, 0.15) is 13.3 Å². The summed E-state index contributed by atoms with van der Waals surface area (Å²) in [6.07, 6.45) is 12.8. The van der Waals surface area contributed by atoms with Gasteiger partial charge in [-0.2, -0.15) is 0 Å². The third-order valence-electron chi connectivity index (χ3n) is 1.95. The molecule has 1 N–H and O–H groups in total. The van der Waals surface area contributed by atoms with E-state index >= 15 is 0 Å². The van der Waals surface area contributed by atoms with E-state index in [2.05, 4.69) is 36.0 Å². The Hall–Kier alpha value is -1.68. The number of nitrogens with one attached hydrogen (secondary N) is 1. The molecule has 1 rings (SSSR count). The molecule has 0 spiro atoms. The summed E-state index contributed by atoms with van der Waals surface area (Å²) in [4.78, 5) is 0. The minimum atomic E-state index is 0.156. The van der Waals surface area contributed by atoms with Gasteiger partial charge >= 0.3 is 0 Å². The molecule has 14 heavy (non-hydrogen) atoms. The van der Waals surface area contributed by atoms with Gasteiger partial charge < -0.3 is 5.32 Å². The maximum absolute atomic E-state index is 4.03. The Bertz CT molecular complexity index is 334. The van der Waals surface area contributed by atoms with Gasteiger partial charge in [0.15, 0.2) is 0 Å². The molecule has 0 bridgehead atoms. The molecule has 1 aliphatic rings. The number of allylic oxidation sites excluding steroid dienone is 6. The second kappa shape index (κ2) is 5.88. The average Bonchev–Trinajstić information content (AvgIpc) is 2.13. The van der Waals surface area contributed by atoms with Crippen LogP contribution in [0, 0.1) is 17.9 Å². The second-order valence-electron chi connectivity index (χ2n) is 3.07. The number of hydrogen-bond donors (Lipinski definition) is 1. The van der Waals surface area contributed by atoms with E-state index in [0.717, 1.165) is 12.0 Å². The molecule has 1 heteroatoms. The molecule has 0 aromatic heterocycles. The van der Waals surface area contributed by atoms with Gasteiger partial charge in [0.05, 0.1) is 5.92 Å². The van der Waals surface area contributed by atoms with Gasteiger partial charge in [0.25, 0.3) is 0 Å². The second-order valence-corrected chi connectivity index (χ2v) is 3.07. The van der Waals surface area contributed by atoms with Gasteiger partial charge in [-0.25, -0.2) is 0 Å². The Kier molecular flexibility index (Phi) is 4.37. The fourth-order valence-electron chi connectivity index (χ4n) is 1.12. The van der Waals surface area contributed by atoms with Crippen LogP contribution in [-0.4, -0.2) is 0 Å². The van der Waals surface area contributed by atoms with Crippen LogP contribution < -0.4 is 5.32 Å². The third-order valence-corrected chi connectivity index (χ3v) is 1.95. The van der Waals surface area contributed by atoms with E-state index in [-0.39, 0.29) is 5.92 Å². The highest BCUT2D eigenvalue weighted by atomic mass is 14.8.